The predicted octanol–water partition coefficient (Wildman–Crippen LogP) is 4.75. The number of hydrogen-bond donors (Lipinski definition) is 0. The molecule has 0 N–H and O–H groups in total. The van der Waals surface area contributed by atoms with Crippen molar-refractivity contribution in [3.8, 4) is 5.75 Å². The molecule has 5 unspecified atom stereocenters. The molecule has 0 aromatic heterocycles. The largest absolute Gasteiger partial charge is 0.493 e. The van der Waals surface area contributed by atoms with Crippen LogP contribution >= 0.6 is 0 Å². The number of ketones is 1. The lowest BCUT2D eigenvalue weighted by molar-refractivity contribution is -0.137. The molecule has 7 heteroatoms. The van der Waals surface area contributed by atoms with Gasteiger partial charge in [0.2, 0.25) is 0 Å². The van der Waals surface area contributed by atoms with Crippen molar-refractivity contribution in [2.45, 2.75) is 76.9 Å². The summed E-state index contributed by atoms with van der Waals surface area (Å²) >= 11 is 0. The molecule has 198 valence electrons. The van der Waals surface area contributed by atoms with Gasteiger partial charge in [0.1, 0.15) is 18.0 Å². The summed E-state index contributed by atoms with van der Waals surface area (Å²) in [5.74, 6) is 2.80. The van der Waals surface area contributed by atoms with Crippen molar-refractivity contribution < 1.29 is 28.5 Å². The van der Waals surface area contributed by atoms with E-state index in [9.17, 15) is 9.59 Å². The van der Waals surface area contributed by atoms with Crippen molar-refractivity contribution in [1.82, 2.24) is 4.90 Å². The zero-order valence-corrected chi connectivity index (χ0v) is 21.8. The molecule has 1 aromatic carbocycles. The summed E-state index contributed by atoms with van der Waals surface area (Å²) in [6, 6.07) is 6.54. The average Bonchev–Trinajstić information content (AvgIpc) is 3.74. The van der Waals surface area contributed by atoms with Crippen LogP contribution in [0.5, 0.6) is 5.75 Å². The fourth-order valence-electron chi connectivity index (χ4n) is 6.27. The van der Waals surface area contributed by atoms with E-state index >= 15 is 0 Å². The van der Waals surface area contributed by atoms with Gasteiger partial charge in [0.05, 0.1) is 26.4 Å². The first-order valence-corrected chi connectivity index (χ1v) is 13.9. The molecule has 1 saturated heterocycles. The quantitative estimate of drug-likeness (QED) is 0.585. The minimum absolute atomic E-state index is 0.110. The van der Waals surface area contributed by atoms with Crippen LogP contribution < -0.4 is 4.74 Å². The van der Waals surface area contributed by atoms with E-state index in [2.05, 4.69) is 25.1 Å². The van der Waals surface area contributed by atoms with Crippen molar-refractivity contribution in [2.24, 2.45) is 17.8 Å². The third-order valence-electron chi connectivity index (χ3n) is 8.51. The lowest BCUT2D eigenvalue weighted by Gasteiger charge is -2.38. The summed E-state index contributed by atoms with van der Waals surface area (Å²) in [6.45, 7) is 6.67. The molecule has 1 aromatic rings. The topological polar surface area (TPSA) is 74.3 Å². The standard InChI is InChI=1S/C29H41NO6/c1-19-18-33-12-4-13-34-23-10-9-22-5-3-6-24(26(22)15-23)25(20(2)21-7-8-21)16-27(31)28-17-30(11-14-35-28)29(32)36-19/h9-10,15,19-21,24-25,28H,3-8,11-14,16-18H2,1-2H3. The maximum absolute atomic E-state index is 13.6. The van der Waals surface area contributed by atoms with E-state index in [-0.39, 0.29) is 24.3 Å². The lowest BCUT2D eigenvalue weighted by atomic mass is 9.68. The number of carbonyl (C=O) groups is 2. The molecule has 1 amide bonds. The zero-order chi connectivity index (χ0) is 25.1. The number of rotatable bonds is 2. The van der Waals surface area contributed by atoms with Crippen molar-refractivity contribution in [3.05, 3.63) is 29.3 Å². The zero-order valence-electron chi connectivity index (χ0n) is 21.8. The molecule has 2 aliphatic heterocycles. The highest BCUT2D eigenvalue weighted by molar-refractivity contribution is 5.84. The van der Waals surface area contributed by atoms with Crippen LogP contribution in [-0.4, -0.2) is 68.5 Å². The van der Waals surface area contributed by atoms with Crippen LogP contribution in [0.1, 0.15) is 69.4 Å². The summed E-state index contributed by atoms with van der Waals surface area (Å²) in [5, 5.41) is 0. The van der Waals surface area contributed by atoms with Crippen molar-refractivity contribution >= 4 is 11.9 Å². The van der Waals surface area contributed by atoms with E-state index in [0.717, 1.165) is 31.4 Å². The molecular formula is C29H41NO6. The Kier molecular flexibility index (Phi) is 8.16. The Morgan fingerprint density at radius 2 is 1.92 bits per heavy atom. The van der Waals surface area contributed by atoms with Gasteiger partial charge in [0, 0.05) is 26.0 Å². The molecular weight excluding hydrogens is 458 g/mol. The number of aryl methyl sites for hydroxylation is 1. The summed E-state index contributed by atoms with van der Waals surface area (Å²) in [6.07, 6.45) is 5.75. The first-order chi connectivity index (χ1) is 17.5. The van der Waals surface area contributed by atoms with E-state index in [1.54, 1.807) is 4.90 Å². The smallest absolute Gasteiger partial charge is 0.410 e. The first-order valence-electron chi connectivity index (χ1n) is 13.9. The van der Waals surface area contributed by atoms with Crippen molar-refractivity contribution in [3.63, 3.8) is 0 Å². The van der Waals surface area contributed by atoms with E-state index in [1.807, 2.05) is 6.92 Å². The van der Waals surface area contributed by atoms with Crippen LogP contribution in [0.3, 0.4) is 0 Å². The van der Waals surface area contributed by atoms with Gasteiger partial charge in [-0.1, -0.05) is 13.0 Å². The number of amides is 1. The van der Waals surface area contributed by atoms with E-state index in [1.165, 1.54) is 24.0 Å². The van der Waals surface area contributed by atoms with Gasteiger partial charge in [0.25, 0.3) is 0 Å². The van der Waals surface area contributed by atoms with Gasteiger partial charge in [-0.3, -0.25) is 4.79 Å². The molecule has 2 aliphatic carbocycles. The number of morpholine rings is 1. The number of ether oxygens (including phenoxy) is 4. The molecule has 2 fully saturated rings. The number of nitrogens with zero attached hydrogens (tertiary/aromatic N) is 1. The van der Waals surface area contributed by atoms with Crippen LogP contribution in [0.2, 0.25) is 0 Å². The SMILES string of the molecule is CC1COCCCOc2ccc3c(c2)C(CCC3)C(C(C)C2CC2)CC(=O)C2CN(CCO2)C(=O)O1. The highest BCUT2D eigenvalue weighted by Crippen LogP contribution is 2.49. The van der Waals surface area contributed by atoms with Gasteiger partial charge in [-0.2, -0.15) is 0 Å². The average molecular weight is 500 g/mol. The molecule has 4 bridgehead atoms. The fourth-order valence-corrected chi connectivity index (χ4v) is 6.27. The number of carbonyl (C=O) groups excluding carboxylic acids is 2. The Hall–Kier alpha value is -2.12. The second kappa shape index (κ2) is 11.5. The Morgan fingerprint density at radius 1 is 1.06 bits per heavy atom. The molecule has 1 saturated carbocycles. The van der Waals surface area contributed by atoms with Gasteiger partial charge in [0.15, 0.2) is 5.78 Å². The number of hydrogen-bond acceptors (Lipinski definition) is 6. The minimum atomic E-state index is -0.591. The van der Waals surface area contributed by atoms with Gasteiger partial charge in [-0.25, -0.2) is 4.79 Å². The Labute approximate surface area is 214 Å². The van der Waals surface area contributed by atoms with Crippen LogP contribution in [0, 0.1) is 17.8 Å². The molecule has 4 aliphatic rings. The van der Waals surface area contributed by atoms with Crippen LogP contribution in [-0.2, 0) is 25.4 Å². The number of benzene rings is 1. The monoisotopic (exact) mass is 499 g/mol. The summed E-state index contributed by atoms with van der Waals surface area (Å²) in [7, 11) is 0. The molecule has 5 rings (SSSR count). The molecule has 5 atom stereocenters. The van der Waals surface area contributed by atoms with Crippen molar-refractivity contribution in [1.29, 1.82) is 0 Å². The third kappa shape index (κ3) is 6.05. The van der Waals surface area contributed by atoms with Gasteiger partial charge in [-0.15, -0.1) is 0 Å². The maximum Gasteiger partial charge on any atom is 0.410 e. The van der Waals surface area contributed by atoms with Gasteiger partial charge < -0.3 is 23.8 Å². The summed E-state index contributed by atoms with van der Waals surface area (Å²) < 4.78 is 23.3. The van der Waals surface area contributed by atoms with Crippen molar-refractivity contribution in [2.75, 3.05) is 39.5 Å². The van der Waals surface area contributed by atoms with E-state index < -0.39 is 12.2 Å². The Balaban J connectivity index is 1.41. The molecule has 0 radical (unpaired) electrons. The predicted molar refractivity (Wildman–Crippen MR) is 135 cm³/mol. The highest BCUT2D eigenvalue weighted by Gasteiger charge is 2.41. The van der Waals surface area contributed by atoms with E-state index in [4.69, 9.17) is 18.9 Å². The molecule has 7 nitrogen and oxygen atoms in total. The highest BCUT2D eigenvalue weighted by atomic mass is 16.6. The first kappa shape index (κ1) is 25.5. The molecule has 36 heavy (non-hydrogen) atoms. The Bertz CT molecular complexity index is 930. The lowest BCUT2D eigenvalue weighted by Crippen LogP contribution is -2.50. The van der Waals surface area contributed by atoms with Crippen LogP contribution in [0.15, 0.2) is 18.2 Å². The molecule has 0 spiro atoms. The fraction of sp³-hybridized carbons (Fsp3) is 0.724. The van der Waals surface area contributed by atoms with Gasteiger partial charge in [-0.05, 0) is 86.0 Å². The third-order valence-corrected chi connectivity index (χ3v) is 8.51. The minimum Gasteiger partial charge on any atom is -0.493 e. The molecule has 2 heterocycles. The second-order valence-electron chi connectivity index (χ2n) is 11.2. The Morgan fingerprint density at radius 3 is 2.75 bits per heavy atom. The summed E-state index contributed by atoms with van der Waals surface area (Å²) in [5.41, 5.74) is 2.76. The van der Waals surface area contributed by atoms with Gasteiger partial charge >= 0.3 is 6.09 Å². The maximum atomic E-state index is 13.6. The van der Waals surface area contributed by atoms with E-state index in [0.29, 0.717) is 57.1 Å². The number of Topliss-reactive ketones (excluding diaryl/α,β-unsaturated/α-hetero) is 1. The number of fused-ring (bicyclic) bond motifs is 3. The second-order valence-corrected chi connectivity index (χ2v) is 11.2. The van der Waals surface area contributed by atoms with Crippen LogP contribution in [0.4, 0.5) is 4.79 Å². The summed E-state index contributed by atoms with van der Waals surface area (Å²) in [4.78, 5) is 28.0. The number of cyclic esters (lactones) is 1. The van der Waals surface area contributed by atoms with Crippen LogP contribution in [0.25, 0.3) is 0 Å². The normalized spacial score (nSPS) is 31.3.